The number of hydrogen-bond donors (Lipinski definition) is 1. The Labute approximate surface area is 142 Å². The fraction of sp³-hybridized carbons (Fsp3) is 0.118. The lowest BCUT2D eigenvalue weighted by atomic mass is 10.1. The number of anilines is 1. The molecule has 1 aliphatic heterocycles. The van der Waals surface area contributed by atoms with Crippen molar-refractivity contribution in [3.63, 3.8) is 0 Å². The molecule has 3 nitrogen and oxygen atoms in total. The molecule has 4 rings (SSSR count). The zero-order valence-corrected chi connectivity index (χ0v) is 14.0. The number of fused-ring (bicyclic) bond motifs is 1. The van der Waals surface area contributed by atoms with E-state index in [0.717, 1.165) is 40.2 Å². The van der Waals surface area contributed by atoms with Crippen LogP contribution in [0.1, 0.15) is 5.56 Å². The van der Waals surface area contributed by atoms with Gasteiger partial charge in [-0.2, -0.15) is 5.10 Å². The molecule has 0 radical (unpaired) electrons. The summed E-state index contributed by atoms with van der Waals surface area (Å²) in [6, 6.07) is 16.0. The largest absolute Gasteiger partial charge is 0.369 e. The third-order valence-electron chi connectivity index (χ3n) is 3.83. The van der Waals surface area contributed by atoms with Crippen molar-refractivity contribution in [1.29, 1.82) is 0 Å². The maximum Gasteiger partial charge on any atom is 0.133 e. The van der Waals surface area contributed by atoms with E-state index in [-0.39, 0.29) is 0 Å². The van der Waals surface area contributed by atoms with Gasteiger partial charge in [0.15, 0.2) is 0 Å². The summed E-state index contributed by atoms with van der Waals surface area (Å²) >= 11 is 9.88. The fourth-order valence-electron chi connectivity index (χ4n) is 2.84. The average molecular weight is 375 g/mol. The molecule has 0 atom stereocenters. The molecule has 0 unspecified atom stereocenters. The number of hydrogen-bond acceptors (Lipinski definition) is 2. The summed E-state index contributed by atoms with van der Waals surface area (Å²) in [5.74, 6) is 1.04. The van der Waals surface area contributed by atoms with Gasteiger partial charge in [0.2, 0.25) is 0 Å². The second kappa shape index (κ2) is 5.45. The molecule has 1 aromatic heterocycles. The zero-order chi connectivity index (χ0) is 15.1. The van der Waals surface area contributed by atoms with Gasteiger partial charge in [-0.3, -0.25) is 0 Å². The second-order valence-corrected chi connectivity index (χ2v) is 6.55. The van der Waals surface area contributed by atoms with Crippen LogP contribution in [0.4, 0.5) is 5.82 Å². The number of aromatic nitrogens is 2. The van der Waals surface area contributed by atoms with Crippen LogP contribution in [0.2, 0.25) is 5.02 Å². The third kappa shape index (κ3) is 2.23. The number of nitrogens with one attached hydrogen (secondary N) is 1. The highest BCUT2D eigenvalue weighted by molar-refractivity contribution is 9.10. The Morgan fingerprint density at radius 2 is 2.00 bits per heavy atom. The monoisotopic (exact) mass is 373 g/mol. The van der Waals surface area contributed by atoms with Gasteiger partial charge in [-0.1, -0.05) is 51.8 Å². The summed E-state index contributed by atoms with van der Waals surface area (Å²) in [5, 5.41) is 8.95. The van der Waals surface area contributed by atoms with Crippen LogP contribution in [0.3, 0.4) is 0 Å². The van der Waals surface area contributed by atoms with E-state index in [9.17, 15) is 0 Å². The minimum Gasteiger partial charge on any atom is -0.369 e. The first-order chi connectivity index (χ1) is 10.7. The fourth-order valence-corrected chi connectivity index (χ4v) is 3.46. The van der Waals surface area contributed by atoms with Crippen molar-refractivity contribution in [2.75, 3.05) is 11.9 Å². The maximum absolute atomic E-state index is 6.34. The highest BCUT2D eigenvalue weighted by Gasteiger charge is 2.24. The van der Waals surface area contributed by atoms with E-state index in [2.05, 4.69) is 33.4 Å². The SMILES string of the molecule is Clc1ccccc1-n1nc(-c2cccc(Br)c2)c2c1NCC2. The topological polar surface area (TPSA) is 29.9 Å². The lowest BCUT2D eigenvalue weighted by Gasteiger charge is -2.08. The standard InChI is InChI=1S/C17H13BrClN3/c18-12-5-3-4-11(10-12)16-13-8-9-20-17(13)22(21-16)15-7-2-1-6-14(15)19/h1-7,10,20H,8-9H2. The first-order valence-electron chi connectivity index (χ1n) is 7.10. The van der Waals surface area contributed by atoms with Gasteiger partial charge < -0.3 is 5.32 Å². The van der Waals surface area contributed by atoms with E-state index in [4.69, 9.17) is 16.7 Å². The van der Waals surface area contributed by atoms with Crippen LogP contribution in [-0.2, 0) is 6.42 Å². The Balaban J connectivity index is 1.93. The van der Waals surface area contributed by atoms with Crippen LogP contribution in [0.25, 0.3) is 16.9 Å². The van der Waals surface area contributed by atoms with E-state index < -0.39 is 0 Å². The number of halogens is 2. The van der Waals surface area contributed by atoms with Gasteiger partial charge in [0.25, 0.3) is 0 Å². The third-order valence-corrected chi connectivity index (χ3v) is 4.64. The molecule has 0 saturated heterocycles. The van der Waals surface area contributed by atoms with Gasteiger partial charge in [-0.05, 0) is 30.7 Å². The number of rotatable bonds is 2. The minimum atomic E-state index is 0.697. The molecule has 1 N–H and O–H groups in total. The summed E-state index contributed by atoms with van der Waals surface area (Å²) in [6.45, 7) is 0.929. The summed E-state index contributed by atoms with van der Waals surface area (Å²) in [6.07, 6.45) is 0.974. The van der Waals surface area contributed by atoms with Crippen LogP contribution < -0.4 is 5.32 Å². The Kier molecular flexibility index (Phi) is 3.43. The molecule has 0 aliphatic carbocycles. The highest BCUT2D eigenvalue weighted by atomic mass is 79.9. The van der Waals surface area contributed by atoms with Crippen molar-refractivity contribution < 1.29 is 0 Å². The van der Waals surface area contributed by atoms with Gasteiger partial charge in [0.05, 0.1) is 16.4 Å². The summed E-state index contributed by atoms with van der Waals surface area (Å²) in [7, 11) is 0. The smallest absolute Gasteiger partial charge is 0.133 e. The lowest BCUT2D eigenvalue weighted by Crippen LogP contribution is -2.04. The summed E-state index contributed by atoms with van der Waals surface area (Å²) in [5.41, 5.74) is 4.27. The molecule has 110 valence electrons. The molecule has 3 aromatic rings. The quantitative estimate of drug-likeness (QED) is 0.690. The molecule has 0 bridgehead atoms. The van der Waals surface area contributed by atoms with Crippen LogP contribution in [0.5, 0.6) is 0 Å². The molecule has 0 amide bonds. The molecular weight excluding hydrogens is 362 g/mol. The first-order valence-corrected chi connectivity index (χ1v) is 8.28. The second-order valence-electron chi connectivity index (χ2n) is 5.23. The highest BCUT2D eigenvalue weighted by Crippen LogP contribution is 2.36. The molecule has 22 heavy (non-hydrogen) atoms. The van der Waals surface area contributed by atoms with Gasteiger partial charge in [0, 0.05) is 22.1 Å². The molecular formula is C17H13BrClN3. The summed E-state index contributed by atoms with van der Waals surface area (Å²) in [4.78, 5) is 0. The predicted molar refractivity (Wildman–Crippen MR) is 93.9 cm³/mol. The molecule has 0 fully saturated rings. The molecule has 2 aromatic carbocycles. The Morgan fingerprint density at radius 3 is 2.82 bits per heavy atom. The average Bonchev–Trinajstić information content (AvgIpc) is 3.10. The number of para-hydroxylation sites is 1. The Bertz CT molecular complexity index is 857. The van der Waals surface area contributed by atoms with Crippen molar-refractivity contribution in [3.05, 3.63) is 63.6 Å². The predicted octanol–water partition coefficient (Wildman–Crippen LogP) is 4.92. The van der Waals surface area contributed by atoms with Crippen molar-refractivity contribution in [2.24, 2.45) is 0 Å². The van der Waals surface area contributed by atoms with E-state index >= 15 is 0 Å². The van der Waals surface area contributed by atoms with E-state index in [0.29, 0.717) is 5.02 Å². The van der Waals surface area contributed by atoms with Crippen molar-refractivity contribution in [3.8, 4) is 16.9 Å². The van der Waals surface area contributed by atoms with Crippen LogP contribution >= 0.6 is 27.5 Å². The number of benzene rings is 2. The van der Waals surface area contributed by atoms with Crippen molar-refractivity contribution in [2.45, 2.75) is 6.42 Å². The Hall–Kier alpha value is -1.78. The van der Waals surface area contributed by atoms with Gasteiger partial charge in [-0.15, -0.1) is 0 Å². The molecule has 0 spiro atoms. The minimum absolute atomic E-state index is 0.697. The van der Waals surface area contributed by atoms with Crippen molar-refractivity contribution in [1.82, 2.24) is 9.78 Å². The van der Waals surface area contributed by atoms with Crippen LogP contribution in [0, 0.1) is 0 Å². The number of nitrogens with zero attached hydrogens (tertiary/aromatic N) is 2. The first kappa shape index (κ1) is 13.9. The molecule has 2 heterocycles. The lowest BCUT2D eigenvalue weighted by molar-refractivity contribution is 0.882. The van der Waals surface area contributed by atoms with E-state index in [1.165, 1.54) is 5.56 Å². The van der Waals surface area contributed by atoms with E-state index in [1.54, 1.807) is 0 Å². The van der Waals surface area contributed by atoms with Gasteiger partial charge in [0.1, 0.15) is 5.82 Å². The van der Waals surface area contributed by atoms with E-state index in [1.807, 2.05) is 41.1 Å². The normalized spacial score (nSPS) is 13.0. The summed E-state index contributed by atoms with van der Waals surface area (Å²) < 4.78 is 2.97. The molecule has 1 aliphatic rings. The van der Waals surface area contributed by atoms with Crippen LogP contribution in [0.15, 0.2) is 53.0 Å². The maximum atomic E-state index is 6.34. The molecule has 5 heteroatoms. The zero-order valence-electron chi connectivity index (χ0n) is 11.7. The van der Waals surface area contributed by atoms with Gasteiger partial charge >= 0.3 is 0 Å². The molecule has 0 saturated carbocycles. The Morgan fingerprint density at radius 1 is 1.14 bits per heavy atom. The van der Waals surface area contributed by atoms with Crippen molar-refractivity contribution >= 4 is 33.3 Å². The van der Waals surface area contributed by atoms with Crippen LogP contribution in [-0.4, -0.2) is 16.3 Å². The van der Waals surface area contributed by atoms with Gasteiger partial charge in [-0.25, -0.2) is 4.68 Å².